The summed E-state index contributed by atoms with van der Waals surface area (Å²) in [5.74, 6) is 0.262. The van der Waals surface area contributed by atoms with Crippen molar-refractivity contribution in [1.82, 2.24) is 0 Å². The van der Waals surface area contributed by atoms with Gasteiger partial charge in [-0.2, -0.15) is 0 Å². The fourth-order valence-corrected chi connectivity index (χ4v) is 3.01. The summed E-state index contributed by atoms with van der Waals surface area (Å²) in [6, 6.07) is -0.350. The molecule has 0 aliphatic heterocycles. The van der Waals surface area contributed by atoms with E-state index in [2.05, 4.69) is 0 Å². The molecule has 3 aliphatic rings. The predicted molar refractivity (Wildman–Crippen MR) is 52.4 cm³/mol. The Bertz CT molecular complexity index is 216. The molecule has 0 saturated heterocycles. The van der Waals surface area contributed by atoms with Crippen LogP contribution in [-0.4, -0.2) is 31.1 Å². The lowest BCUT2D eigenvalue weighted by molar-refractivity contribution is -0.101. The molecule has 3 aliphatic carbocycles. The van der Waals surface area contributed by atoms with E-state index in [1.807, 2.05) is 0 Å². The summed E-state index contributed by atoms with van der Waals surface area (Å²) in [5, 5.41) is 9.90. The topological polar surface area (TPSA) is 72.3 Å². The van der Waals surface area contributed by atoms with Crippen LogP contribution in [0.2, 0.25) is 5.31 Å². The maximum absolute atomic E-state index is 10.3. The lowest BCUT2D eigenvalue weighted by Crippen LogP contribution is -2.67. The van der Waals surface area contributed by atoms with Crippen LogP contribution in [0.15, 0.2) is 0 Å². The van der Waals surface area contributed by atoms with Crippen molar-refractivity contribution in [2.24, 2.45) is 17.4 Å². The highest BCUT2D eigenvalue weighted by molar-refractivity contribution is 6.16. The Kier molecular flexibility index (Phi) is 1.99. The molecule has 0 amide bonds. The molecule has 0 aromatic rings. The zero-order valence-electron chi connectivity index (χ0n) is 7.87. The average molecular weight is 180 g/mol. The average Bonchev–Trinajstić information content (AvgIpc) is 2.15. The molecule has 2 unspecified atom stereocenters. The molecule has 3 saturated carbocycles. The first kappa shape index (κ1) is 9.50. The molecule has 2 bridgehead atoms. The fraction of sp³-hybridized carbons (Fsp3) is 1.00. The smallest absolute Gasteiger partial charge is 0.0945 e. The van der Waals surface area contributed by atoms with Crippen LogP contribution in [0.3, 0.4) is 0 Å². The van der Waals surface area contributed by atoms with Gasteiger partial charge in [0.05, 0.1) is 13.4 Å². The zero-order valence-corrected chi connectivity index (χ0v) is 7.87. The summed E-state index contributed by atoms with van der Waals surface area (Å²) in [6.07, 6.45) is 3.80. The molecule has 0 aromatic heterocycles. The Morgan fingerprint density at radius 3 is 2.31 bits per heavy atom. The molecule has 2 atom stereocenters. The van der Waals surface area contributed by atoms with E-state index >= 15 is 0 Å². The molecule has 5 N–H and O–H groups in total. The number of fused-ring (bicyclic) bond motifs is 3. The molecular formula is C9H17BN2O. The number of rotatable bonds is 1. The first-order valence-electron chi connectivity index (χ1n) is 5.00. The Balaban J connectivity index is 2.32. The third-order valence-electron chi connectivity index (χ3n) is 4.11. The minimum Gasteiger partial charge on any atom is -0.387 e. The summed E-state index contributed by atoms with van der Waals surface area (Å²) in [7, 11) is 6.15. The Labute approximate surface area is 80.3 Å². The van der Waals surface area contributed by atoms with E-state index in [-0.39, 0.29) is 23.8 Å². The van der Waals surface area contributed by atoms with E-state index in [9.17, 15) is 5.11 Å². The molecule has 3 fully saturated rings. The molecule has 0 heterocycles. The van der Waals surface area contributed by atoms with Crippen LogP contribution in [0.1, 0.15) is 25.7 Å². The lowest BCUT2D eigenvalue weighted by Gasteiger charge is -2.58. The lowest BCUT2D eigenvalue weighted by atomic mass is 9.44. The highest BCUT2D eigenvalue weighted by Crippen LogP contribution is 2.56. The van der Waals surface area contributed by atoms with Crippen LogP contribution in [0.5, 0.6) is 0 Å². The van der Waals surface area contributed by atoms with E-state index in [1.54, 1.807) is 0 Å². The molecule has 2 radical (unpaired) electrons. The van der Waals surface area contributed by atoms with Crippen LogP contribution in [0.4, 0.5) is 0 Å². The van der Waals surface area contributed by atoms with E-state index in [4.69, 9.17) is 19.3 Å². The van der Waals surface area contributed by atoms with E-state index in [0.717, 1.165) is 25.7 Å². The molecular weight excluding hydrogens is 163 g/mol. The van der Waals surface area contributed by atoms with Crippen LogP contribution in [-0.2, 0) is 0 Å². The standard InChI is InChI=1S/C9H17BN2O/c10-8-3-1-6(2-4-8)9(13,5-11)7(8)12/h6-7,13H,1-5,11-12H2. The monoisotopic (exact) mass is 180 g/mol. The van der Waals surface area contributed by atoms with Gasteiger partial charge in [-0.25, -0.2) is 0 Å². The summed E-state index contributed by atoms with van der Waals surface area (Å²) >= 11 is 0. The van der Waals surface area contributed by atoms with Gasteiger partial charge in [0.25, 0.3) is 0 Å². The number of aliphatic hydroxyl groups is 1. The van der Waals surface area contributed by atoms with Crippen molar-refractivity contribution in [2.45, 2.75) is 42.6 Å². The van der Waals surface area contributed by atoms with Crippen molar-refractivity contribution < 1.29 is 5.11 Å². The van der Waals surface area contributed by atoms with Gasteiger partial charge in [-0.05, 0) is 24.1 Å². The van der Waals surface area contributed by atoms with Gasteiger partial charge in [0.2, 0.25) is 0 Å². The summed E-state index contributed by atoms with van der Waals surface area (Å²) in [4.78, 5) is 0. The third-order valence-corrected chi connectivity index (χ3v) is 4.11. The van der Waals surface area contributed by atoms with Crippen molar-refractivity contribution in [3.8, 4) is 0 Å². The fourth-order valence-electron chi connectivity index (χ4n) is 3.01. The minimum absolute atomic E-state index is 0.234. The maximum Gasteiger partial charge on any atom is 0.0945 e. The van der Waals surface area contributed by atoms with Crippen molar-refractivity contribution >= 4 is 7.85 Å². The largest absolute Gasteiger partial charge is 0.387 e. The normalized spacial score (nSPS) is 55.3. The molecule has 0 aromatic carbocycles. The van der Waals surface area contributed by atoms with Gasteiger partial charge in [-0.3, -0.25) is 0 Å². The van der Waals surface area contributed by atoms with Crippen LogP contribution in [0, 0.1) is 5.92 Å². The van der Waals surface area contributed by atoms with Crippen LogP contribution >= 0.6 is 0 Å². The SMILES string of the molecule is [B]C12CCC(CC1)C(O)(CN)C2N. The summed E-state index contributed by atoms with van der Waals surface area (Å²) in [6.45, 7) is 0.234. The molecule has 72 valence electrons. The van der Waals surface area contributed by atoms with Crippen LogP contribution < -0.4 is 11.5 Å². The van der Waals surface area contributed by atoms with Crippen molar-refractivity contribution in [3.05, 3.63) is 0 Å². The van der Waals surface area contributed by atoms with Gasteiger partial charge in [0.1, 0.15) is 0 Å². The second-order valence-electron chi connectivity index (χ2n) is 4.68. The predicted octanol–water partition coefficient (Wildman–Crippen LogP) is -0.465. The van der Waals surface area contributed by atoms with Gasteiger partial charge in [0, 0.05) is 12.6 Å². The second kappa shape index (κ2) is 2.72. The van der Waals surface area contributed by atoms with Crippen molar-refractivity contribution in [3.63, 3.8) is 0 Å². The quantitative estimate of drug-likeness (QED) is 0.478. The highest BCUT2D eigenvalue weighted by atomic mass is 16.3. The van der Waals surface area contributed by atoms with E-state index in [0.29, 0.717) is 0 Å². The van der Waals surface area contributed by atoms with E-state index in [1.165, 1.54) is 0 Å². The van der Waals surface area contributed by atoms with Gasteiger partial charge in [-0.1, -0.05) is 12.8 Å². The van der Waals surface area contributed by atoms with Crippen molar-refractivity contribution in [1.29, 1.82) is 0 Å². The van der Waals surface area contributed by atoms with Crippen LogP contribution in [0.25, 0.3) is 0 Å². The Morgan fingerprint density at radius 1 is 1.38 bits per heavy atom. The summed E-state index contributed by atoms with van der Waals surface area (Å²) in [5.41, 5.74) is 10.7. The Morgan fingerprint density at radius 2 is 1.92 bits per heavy atom. The van der Waals surface area contributed by atoms with Gasteiger partial charge in [-0.15, -0.1) is 0 Å². The summed E-state index contributed by atoms with van der Waals surface area (Å²) < 4.78 is 0. The maximum atomic E-state index is 10.3. The molecule has 13 heavy (non-hydrogen) atoms. The van der Waals surface area contributed by atoms with Gasteiger partial charge < -0.3 is 16.6 Å². The van der Waals surface area contributed by atoms with Crippen molar-refractivity contribution in [2.75, 3.05) is 6.54 Å². The third kappa shape index (κ3) is 1.09. The Hall–Kier alpha value is -0.0551. The van der Waals surface area contributed by atoms with E-state index < -0.39 is 5.60 Å². The zero-order chi connectivity index (χ0) is 9.69. The number of hydrogen-bond acceptors (Lipinski definition) is 3. The highest BCUT2D eigenvalue weighted by Gasteiger charge is 2.56. The van der Waals surface area contributed by atoms with Gasteiger partial charge >= 0.3 is 0 Å². The number of hydrogen-bond donors (Lipinski definition) is 3. The molecule has 3 nitrogen and oxygen atoms in total. The first-order valence-corrected chi connectivity index (χ1v) is 5.00. The van der Waals surface area contributed by atoms with Gasteiger partial charge in [0.15, 0.2) is 0 Å². The second-order valence-corrected chi connectivity index (χ2v) is 4.68. The minimum atomic E-state index is -0.911. The molecule has 3 rings (SSSR count). The molecule has 0 spiro atoms. The first-order chi connectivity index (χ1) is 6.03. The molecule has 4 heteroatoms. The number of nitrogens with two attached hydrogens (primary N) is 2.